The van der Waals surface area contributed by atoms with Crippen LogP contribution in [0.1, 0.15) is 35.9 Å². The van der Waals surface area contributed by atoms with Crippen molar-refractivity contribution in [2.75, 3.05) is 32.1 Å². The summed E-state index contributed by atoms with van der Waals surface area (Å²) in [4.78, 5) is 21.5. The molecule has 1 amide bonds. The van der Waals surface area contributed by atoms with Crippen LogP contribution in [0.3, 0.4) is 0 Å². The number of rotatable bonds is 3. The third kappa shape index (κ3) is 3.69. The van der Waals surface area contributed by atoms with Gasteiger partial charge in [-0.15, -0.1) is 0 Å². The Bertz CT molecular complexity index is 807. The van der Waals surface area contributed by atoms with Crippen LogP contribution in [-0.2, 0) is 4.74 Å². The summed E-state index contributed by atoms with van der Waals surface area (Å²) in [7, 11) is 3.77. The highest BCUT2D eigenvalue weighted by atomic mass is 35.5. The number of morpholine rings is 1. The largest absolute Gasteiger partial charge is 0.369 e. The van der Waals surface area contributed by atoms with E-state index in [2.05, 4.69) is 4.98 Å². The van der Waals surface area contributed by atoms with E-state index < -0.39 is 5.54 Å². The minimum atomic E-state index is -0.411. The first-order chi connectivity index (χ1) is 12.3. The number of anilines is 1. The van der Waals surface area contributed by atoms with Gasteiger partial charge in [0.05, 0.1) is 24.3 Å². The zero-order chi connectivity index (χ0) is 18.9. The monoisotopic (exact) mass is 373 g/mol. The molecule has 3 rings (SSSR count). The topological polar surface area (TPSA) is 45.7 Å². The molecule has 0 saturated carbocycles. The predicted octanol–water partition coefficient (Wildman–Crippen LogP) is 3.79. The Kier molecular flexibility index (Phi) is 5.21. The maximum atomic E-state index is 13.4. The van der Waals surface area contributed by atoms with Gasteiger partial charge in [0, 0.05) is 25.3 Å². The number of carbonyl (C=O) groups excluding carboxylic acids is 1. The lowest BCUT2D eigenvalue weighted by atomic mass is 9.97. The van der Waals surface area contributed by atoms with Crippen molar-refractivity contribution in [3.63, 3.8) is 0 Å². The van der Waals surface area contributed by atoms with Crippen molar-refractivity contribution < 1.29 is 9.53 Å². The maximum Gasteiger partial charge on any atom is 0.258 e. The van der Waals surface area contributed by atoms with Crippen LogP contribution >= 0.6 is 11.6 Å². The van der Waals surface area contributed by atoms with Gasteiger partial charge in [0.2, 0.25) is 0 Å². The van der Waals surface area contributed by atoms with E-state index in [0.29, 0.717) is 29.6 Å². The van der Waals surface area contributed by atoms with Gasteiger partial charge in [0.15, 0.2) is 0 Å². The summed E-state index contributed by atoms with van der Waals surface area (Å²) in [5.41, 5.74) is 1.16. The average molecular weight is 374 g/mol. The second-order valence-electron chi connectivity index (χ2n) is 7.35. The van der Waals surface area contributed by atoms with E-state index in [-0.39, 0.29) is 12.0 Å². The summed E-state index contributed by atoms with van der Waals surface area (Å²) >= 11 is 6.12. The van der Waals surface area contributed by atoms with Gasteiger partial charge >= 0.3 is 0 Å². The maximum absolute atomic E-state index is 13.4. The van der Waals surface area contributed by atoms with E-state index in [1.807, 2.05) is 68.1 Å². The van der Waals surface area contributed by atoms with Crippen LogP contribution in [0.5, 0.6) is 0 Å². The lowest BCUT2D eigenvalue weighted by Crippen LogP contribution is -2.56. The summed E-state index contributed by atoms with van der Waals surface area (Å²) in [5, 5.41) is 0.663. The molecule has 0 spiro atoms. The van der Waals surface area contributed by atoms with Gasteiger partial charge in [-0.2, -0.15) is 0 Å². The molecule has 2 heterocycles. The summed E-state index contributed by atoms with van der Waals surface area (Å²) in [6.07, 6.45) is 1.50. The summed E-state index contributed by atoms with van der Waals surface area (Å²) in [6, 6.07) is 11.2. The number of ether oxygens (including phenoxy) is 1. The third-order valence-corrected chi connectivity index (χ3v) is 4.86. The fourth-order valence-corrected chi connectivity index (χ4v) is 3.38. The van der Waals surface area contributed by atoms with Crippen molar-refractivity contribution in [2.45, 2.75) is 25.5 Å². The van der Waals surface area contributed by atoms with Crippen LogP contribution in [0.2, 0.25) is 5.02 Å². The lowest BCUT2D eigenvalue weighted by molar-refractivity contribution is -0.0846. The summed E-state index contributed by atoms with van der Waals surface area (Å²) in [5.74, 6) is 0.626. The Morgan fingerprint density at radius 1 is 1.31 bits per heavy atom. The fraction of sp³-hybridized carbons (Fsp3) is 0.400. The zero-order valence-electron chi connectivity index (χ0n) is 15.6. The number of hydrogen-bond acceptors (Lipinski definition) is 4. The molecule has 138 valence electrons. The van der Waals surface area contributed by atoms with Crippen molar-refractivity contribution in [3.05, 3.63) is 58.7 Å². The Labute approximate surface area is 159 Å². The minimum absolute atomic E-state index is 0.0397. The molecule has 26 heavy (non-hydrogen) atoms. The van der Waals surface area contributed by atoms with Crippen molar-refractivity contribution in [1.29, 1.82) is 0 Å². The van der Waals surface area contributed by atoms with E-state index in [1.165, 1.54) is 0 Å². The van der Waals surface area contributed by atoms with Gasteiger partial charge in [-0.1, -0.05) is 23.7 Å². The summed E-state index contributed by atoms with van der Waals surface area (Å²) < 4.78 is 6.05. The smallest absolute Gasteiger partial charge is 0.258 e. The SMILES string of the molecule is CN(C)c1ncccc1C(=O)N1CC(c2cccc(Cl)c2)OCC1(C)C. The van der Waals surface area contributed by atoms with Crippen molar-refractivity contribution >= 4 is 23.3 Å². The van der Waals surface area contributed by atoms with Crippen LogP contribution in [-0.4, -0.2) is 48.6 Å². The van der Waals surface area contributed by atoms with E-state index >= 15 is 0 Å². The molecule has 0 radical (unpaired) electrons. The van der Waals surface area contributed by atoms with E-state index in [9.17, 15) is 4.79 Å². The quantitative estimate of drug-likeness (QED) is 0.821. The van der Waals surface area contributed by atoms with Crippen molar-refractivity contribution in [2.24, 2.45) is 0 Å². The first-order valence-electron chi connectivity index (χ1n) is 8.61. The van der Waals surface area contributed by atoms with Crippen LogP contribution < -0.4 is 4.90 Å². The molecule has 1 unspecified atom stereocenters. The number of aromatic nitrogens is 1. The van der Waals surface area contributed by atoms with Crippen LogP contribution in [0.4, 0.5) is 5.82 Å². The highest BCUT2D eigenvalue weighted by Crippen LogP contribution is 2.33. The van der Waals surface area contributed by atoms with Crippen molar-refractivity contribution in [3.8, 4) is 0 Å². The number of halogens is 1. The molecule has 2 aromatic rings. The molecule has 0 aliphatic carbocycles. The molecule has 6 heteroatoms. The number of carbonyl (C=O) groups is 1. The normalized spacial score (nSPS) is 19.3. The molecular formula is C20H24ClN3O2. The van der Waals surface area contributed by atoms with E-state index in [0.717, 1.165) is 5.56 Å². The first-order valence-corrected chi connectivity index (χ1v) is 8.99. The zero-order valence-corrected chi connectivity index (χ0v) is 16.3. The lowest BCUT2D eigenvalue weighted by Gasteiger charge is -2.45. The Hall–Kier alpha value is -2.11. The Morgan fingerprint density at radius 3 is 2.77 bits per heavy atom. The summed E-state index contributed by atoms with van der Waals surface area (Å²) in [6.45, 7) is 4.96. The molecule has 1 aliphatic heterocycles. The molecule has 1 atom stereocenters. The van der Waals surface area contributed by atoms with Crippen molar-refractivity contribution in [1.82, 2.24) is 9.88 Å². The highest BCUT2D eigenvalue weighted by molar-refractivity contribution is 6.30. The predicted molar refractivity (Wildman–Crippen MR) is 104 cm³/mol. The number of amides is 1. The van der Waals surface area contributed by atoms with Crippen LogP contribution in [0, 0.1) is 0 Å². The second kappa shape index (κ2) is 7.25. The van der Waals surface area contributed by atoms with Gasteiger partial charge in [0.25, 0.3) is 5.91 Å². The molecule has 1 aliphatic rings. The first kappa shape index (κ1) is 18.7. The number of nitrogens with zero attached hydrogens (tertiary/aromatic N) is 3. The molecule has 1 saturated heterocycles. The molecular weight excluding hydrogens is 350 g/mol. The third-order valence-electron chi connectivity index (χ3n) is 4.62. The fourth-order valence-electron chi connectivity index (χ4n) is 3.18. The van der Waals surface area contributed by atoms with Gasteiger partial charge in [0.1, 0.15) is 11.9 Å². The molecule has 0 bridgehead atoms. The highest BCUT2D eigenvalue weighted by Gasteiger charge is 2.39. The standard InChI is InChI=1S/C20H24ClN3O2/c1-20(2)13-26-17(14-7-5-8-15(21)11-14)12-24(20)19(25)16-9-6-10-22-18(16)23(3)4/h5-11,17H,12-13H2,1-4H3. The van der Waals surface area contributed by atoms with E-state index in [1.54, 1.807) is 12.3 Å². The number of pyridine rings is 1. The van der Waals surface area contributed by atoms with Gasteiger partial charge in [-0.3, -0.25) is 4.79 Å². The Morgan fingerprint density at radius 2 is 2.08 bits per heavy atom. The van der Waals surface area contributed by atoms with Gasteiger partial charge in [-0.25, -0.2) is 4.98 Å². The van der Waals surface area contributed by atoms with Crippen LogP contribution in [0.25, 0.3) is 0 Å². The number of benzene rings is 1. The van der Waals surface area contributed by atoms with Crippen LogP contribution in [0.15, 0.2) is 42.6 Å². The van der Waals surface area contributed by atoms with Gasteiger partial charge < -0.3 is 14.5 Å². The molecule has 1 aromatic carbocycles. The van der Waals surface area contributed by atoms with Gasteiger partial charge in [-0.05, 0) is 43.7 Å². The molecule has 5 nitrogen and oxygen atoms in total. The number of hydrogen-bond donors (Lipinski definition) is 0. The second-order valence-corrected chi connectivity index (χ2v) is 7.79. The Balaban J connectivity index is 1.92. The average Bonchev–Trinajstić information content (AvgIpc) is 2.61. The molecule has 1 fully saturated rings. The minimum Gasteiger partial charge on any atom is -0.369 e. The van der Waals surface area contributed by atoms with E-state index in [4.69, 9.17) is 16.3 Å². The molecule has 1 aromatic heterocycles. The molecule has 0 N–H and O–H groups in total.